The molecule has 1 amide bonds. The molecule has 0 heterocycles. The Hall–Kier alpha value is -1.66. The number of allylic oxidation sites excluding steroid dienone is 4. The summed E-state index contributed by atoms with van der Waals surface area (Å²) in [6, 6.07) is -0.539. The first-order valence-corrected chi connectivity index (χ1v) is 34.6. The van der Waals surface area contributed by atoms with E-state index in [0.717, 1.165) is 44.9 Å². The molecule has 2 atom stereocenters. The summed E-state index contributed by atoms with van der Waals surface area (Å²) in [5, 5.41) is 23.2. The van der Waals surface area contributed by atoms with Gasteiger partial charge in [-0.05, 0) is 77.0 Å². The first kappa shape index (κ1) is 74.3. The Balaban J connectivity index is 3.34. The molecule has 6 heteroatoms. The van der Waals surface area contributed by atoms with E-state index in [2.05, 4.69) is 43.5 Å². The summed E-state index contributed by atoms with van der Waals surface area (Å²) in [7, 11) is 0. The quantitative estimate of drug-likeness (QED) is 0.0320. The van der Waals surface area contributed by atoms with E-state index in [1.54, 1.807) is 0 Å². The molecule has 0 spiro atoms. The van der Waals surface area contributed by atoms with Gasteiger partial charge in [-0.25, -0.2) is 0 Å². The molecule has 0 aromatic heterocycles. The molecule has 0 aromatic rings. The van der Waals surface area contributed by atoms with Crippen LogP contribution in [-0.2, 0) is 14.3 Å². The number of aliphatic hydroxyl groups excluding tert-OH is 2. The largest absolute Gasteiger partial charge is 0.466 e. The average Bonchev–Trinajstić information content (AvgIpc) is 3.42. The van der Waals surface area contributed by atoms with Gasteiger partial charge in [0.05, 0.1) is 25.4 Å². The van der Waals surface area contributed by atoms with Crippen LogP contribution in [0.15, 0.2) is 24.3 Å². The van der Waals surface area contributed by atoms with Crippen LogP contribution in [0.5, 0.6) is 0 Å². The maximum Gasteiger partial charge on any atom is 0.305 e. The van der Waals surface area contributed by atoms with Crippen LogP contribution >= 0.6 is 0 Å². The molecule has 0 aliphatic carbocycles. The Labute approximate surface area is 475 Å². The molecule has 76 heavy (non-hydrogen) atoms. The highest BCUT2D eigenvalue weighted by Gasteiger charge is 2.20. The molecule has 2 unspecified atom stereocenters. The van der Waals surface area contributed by atoms with Gasteiger partial charge in [-0.2, -0.15) is 0 Å². The van der Waals surface area contributed by atoms with Crippen molar-refractivity contribution in [1.82, 2.24) is 5.32 Å². The molecular formula is C70H135NO5. The summed E-state index contributed by atoms with van der Waals surface area (Å²) >= 11 is 0. The highest BCUT2D eigenvalue weighted by molar-refractivity contribution is 5.76. The van der Waals surface area contributed by atoms with Gasteiger partial charge in [0.25, 0.3) is 0 Å². The van der Waals surface area contributed by atoms with E-state index in [0.29, 0.717) is 25.9 Å². The van der Waals surface area contributed by atoms with Gasteiger partial charge in [-0.15, -0.1) is 0 Å². The molecule has 0 aliphatic heterocycles. The molecule has 450 valence electrons. The van der Waals surface area contributed by atoms with Crippen molar-refractivity contribution in [1.29, 1.82) is 0 Å². The number of rotatable bonds is 65. The highest BCUT2D eigenvalue weighted by atomic mass is 16.5. The smallest absolute Gasteiger partial charge is 0.305 e. The minimum absolute atomic E-state index is 0.0143. The monoisotopic (exact) mass is 1070 g/mol. The van der Waals surface area contributed by atoms with Crippen molar-refractivity contribution < 1.29 is 24.5 Å². The van der Waals surface area contributed by atoms with E-state index in [-0.39, 0.29) is 18.5 Å². The topological polar surface area (TPSA) is 95.9 Å². The summed E-state index contributed by atoms with van der Waals surface area (Å²) in [6.07, 6.45) is 82.3. The first-order chi connectivity index (χ1) is 37.5. The fourth-order valence-electron chi connectivity index (χ4n) is 10.9. The lowest BCUT2D eigenvalue weighted by Gasteiger charge is -2.22. The maximum absolute atomic E-state index is 12.5. The number of hydrogen-bond acceptors (Lipinski definition) is 5. The number of esters is 1. The second-order valence-corrected chi connectivity index (χ2v) is 23.9. The number of amides is 1. The van der Waals surface area contributed by atoms with Crippen LogP contribution in [0.2, 0.25) is 0 Å². The van der Waals surface area contributed by atoms with E-state index in [9.17, 15) is 19.8 Å². The van der Waals surface area contributed by atoms with Crippen LogP contribution in [0.3, 0.4) is 0 Å². The molecule has 0 fully saturated rings. The zero-order valence-electron chi connectivity index (χ0n) is 51.5. The predicted molar refractivity (Wildman–Crippen MR) is 333 cm³/mol. The van der Waals surface area contributed by atoms with Crippen molar-refractivity contribution in [2.45, 2.75) is 398 Å². The number of nitrogens with one attached hydrogen (secondary N) is 1. The minimum atomic E-state index is -0.662. The molecular weight excluding hydrogens is 935 g/mol. The van der Waals surface area contributed by atoms with E-state index >= 15 is 0 Å². The number of ether oxygens (including phenoxy) is 1. The standard InChI is InChI=1S/C70H135NO5/c1-3-5-7-9-11-13-15-17-18-33-37-40-44-48-52-56-60-64-70(75)76-65-61-57-53-49-45-41-38-35-32-30-28-26-24-22-20-19-21-23-25-27-29-31-34-36-39-43-47-51-55-59-63-69(74)71-67(66-72)68(73)62-58-54-50-46-42-16-14-12-10-8-6-4-2/h17-18,20,22,67-68,72-73H,3-16,19,21,23-66H2,1-2H3,(H,71,74)/b18-17-,22-20-. The molecule has 0 saturated heterocycles. The number of carbonyl (C=O) groups is 2. The van der Waals surface area contributed by atoms with Crippen LogP contribution in [0.1, 0.15) is 386 Å². The fourth-order valence-corrected chi connectivity index (χ4v) is 10.9. The van der Waals surface area contributed by atoms with Crippen LogP contribution in [0, 0.1) is 0 Å². The van der Waals surface area contributed by atoms with E-state index in [1.165, 1.54) is 308 Å². The molecule has 0 rings (SSSR count). The number of aliphatic hydroxyl groups is 2. The van der Waals surface area contributed by atoms with Crippen molar-refractivity contribution in [3.05, 3.63) is 24.3 Å². The van der Waals surface area contributed by atoms with Crippen molar-refractivity contribution in [3.63, 3.8) is 0 Å². The summed E-state index contributed by atoms with van der Waals surface area (Å²) in [4.78, 5) is 24.6. The third-order valence-electron chi connectivity index (χ3n) is 16.2. The van der Waals surface area contributed by atoms with E-state index in [4.69, 9.17) is 4.74 Å². The Morgan fingerprint density at radius 2 is 0.618 bits per heavy atom. The SMILES string of the molecule is CCCCCCCC/C=C\CCCCCCCCCC(=O)OCCCCCCCCCCCCCC/C=C\CCCCCCCCCCCCCCCCC(=O)NC(CO)C(O)CCCCCCCCCCCCCC. The van der Waals surface area contributed by atoms with Gasteiger partial charge < -0.3 is 20.3 Å². The Bertz CT molecular complexity index is 1190. The molecule has 6 nitrogen and oxygen atoms in total. The molecule has 0 aliphatic rings. The van der Waals surface area contributed by atoms with Gasteiger partial charge >= 0.3 is 5.97 Å². The Morgan fingerprint density at radius 3 is 0.934 bits per heavy atom. The second kappa shape index (κ2) is 65.9. The summed E-state index contributed by atoms with van der Waals surface area (Å²) in [5.41, 5.74) is 0. The number of unbranched alkanes of at least 4 members (excludes halogenated alkanes) is 50. The van der Waals surface area contributed by atoms with E-state index < -0.39 is 12.1 Å². The minimum Gasteiger partial charge on any atom is -0.466 e. The van der Waals surface area contributed by atoms with Crippen LogP contribution in [-0.4, -0.2) is 47.4 Å². The molecule has 0 saturated carbocycles. The van der Waals surface area contributed by atoms with Gasteiger partial charge in [0.1, 0.15) is 0 Å². The molecule has 0 aromatic carbocycles. The van der Waals surface area contributed by atoms with Gasteiger partial charge in [-0.1, -0.05) is 321 Å². The molecule has 0 bridgehead atoms. The Morgan fingerprint density at radius 1 is 0.355 bits per heavy atom. The predicted octanol–water partition coefficient (Wildman–Crippen LogP) is 22.1. The Kier molecular flexibility index (Phi) is 64.4. The van der Waals surface area contributed by atoms with Crippen molar-refractivity contribution in [3.8, 4) is 0 Å². The first-order valence-electron chi connectivity index (χ1n) is 34.6. The number of carbonyl (C=O) groups excluding carboxylic acids is 2. The van der Waals surface area contributed by atoms with Crippen LogP contribution in [0.25, 0.3) is 0 Å². The lowest BCUT2D eigenvalue weighted by Crippen LogP contribution is -2.45. The zero-order chi connectivity index (χ0) is 55.0. The third kappa shape index (κ3) is 61.6. The van der Waals surface area contributed by atoms with Gasteiger partial charge in [0.2, 0.25) is 5.91 Å². The summed E-state index contributed by atoms with van der Waals surface area (Å²) in [5.74, 6) is -0.0178. The normalized spacial score (nSPS) is 12.6. The summed E-state index contributed by atoms with van der Waals surface area (Å²) in [6.45, 7) is 4.97. The zero-order valence-corrected chi connectivity index (χ0v) is 51.5. The lowest BCUT2D eigenvalue weighted by atomic mass is 10.0. The number of hydrogen-bond donors (Lipinski definition) is 3. The van der Waals surface area contributed by atoms with Gasteiger partial charge in [0.15, 0.2) is 0 Å². The van der Waals surface area contributed by atoms with Crippen molar-refractivity contribution in [2.24, 2.45) is 0 Å². The average molecular weight is 1070 g/mol. The lowest BCUT2D eigenvalue weighted by molar-refractivity contribution is -0.143. The second-order valence-electron chi connectivity index (χ2n) is 23.9. The molecule has 0 radical (unpaired) electrons. The van der Waals surface area contributed by atoms with Crippen LogP contribution < -0.4 is 5.32 Å². The fraction of sp³-hybridized carbons (Fsp3) is 0.914. The van der Waals surface area contributed by atoms with Gasteiger partial charge in [-0.3, -0.25) is 9.59 Å². The van der Waals surface area contributed by atoms with Crippen LogP contribution in [0.4, 0.5) is 0 Å². The molecule has 3 N–H and O–H groups in total. The highest BCUT2D eigenvalue weighted by Crippen LogP contribution is 2.18. The van der Waals surface area contributed by atoms with Crippen molar-refractivity contribution in [2.75, 3.05) is 13.2 Å². The summed E-state index contributed by atoms with van der Waals surface area (Å²) < 4.78 is 5.50. The van der Waals surface area contributed by atoms with E-state index in [1.807, 2.05) is 0 Å². The van der Waals surface area contributed by atoms with Gasteiger partial charge in [0, 0.05) is 12.8 Å². The van der Waals surface area contributed by atoms with Crippen molar-refractivity contribution >= 4 is 11.9 Å². The maximum atomic E-state index is 12.5. The third-order valence-corrected chi connectivity index (χ3v) is 16.2.